The van der Waals surface area contributed by atoms with Crippen LogP contribution in [0.1, 0.15) is 6.92 Å². The Kier molecular flexibility index (Phi) is 1.50. The fraction of sp³-hybridized carbons (Fsp3) is 0.222. The van der Waals surface area contributed by atoms with Gasteiger partial charge in [-0.25, -0.2) is 0 Å². The number of para-hydroxylation sites is 1. The molecule has 3 heteroatoms. The van der Waals surface area contributed by atoms with Crippen molar-refractivity contribution in [2.24, 2.45) is 0 Å². The molecule has 1 heterocycles. The van der Waals surface area contributed by atoms with Crippen molar-refractivity contribution in [3.8, 4) is 0 Å². The summed E-state index contributed by atoms with van der Waals surface area (Å²) in [5, 5.41) is 0.652. The van der Waals surface area contributed by atoms with E-state index in [1.165, 1.54) is 4.74 Å². The minimum atomic E-state index is -0.0481. The quantitative estimate of drug-likeness (QED) is 0.640. The van der Waals surface area contributed by atoms with Gasteiger partial charge in [-0.15, -0.1) is 0 Å². The summed E-state index contributed by atoms with van der Waals surface area (Å²) in [6.45, 7) is 2.46. The van der Waals surface area contributed by atoms with Gasteiger partial charge in [-0.1, -0.05) is 12.1 Å². The van der Waals surface area contributed by atoms with Crippen molar-refractivity contribution >= 4 is 11.0 Å². The zero-order chi connectivity index (χ0) is 8.55. The van der Waals surface area contributed by atoms with Crippen molar-refractivity contribution in [2.45, 2.75) is 13.5 Å². The monoisotopic (exact) mass is 163 g/mol. The summed E-state index contributed by atoms with van der Waals surface area (Å²) >= 11 is 0. The van der Waals surface area contributed by atoms with Crippen molar-refractivity contribution in [1.29, 1.82) is 0 Å². The molecule has 1 aromatic carbocycles. The Balaban J connectivity index is 2.88. The Labute approximate surface area is 69.2 Å². The van der Waals surface area contributed by atoms with Gasteiger partial charge in [0, 0.05) is 0 Å². The summed E-state index contributed by atoms with van der Waals surface area (Å²) in [6, 6.07) is 7.25. The molecule has 12 heavy (non-hydrogen) atoms. The summed E-state index contributed by atoms with van der Waals surface area (Å²) in [7, 11) is 0. The second kappa shape index (κ2) is 2.52. The van der Waals surface area contributed by atoms with Gasteiger partial charge >= 0.3 is 0 Å². The molecule has 0 amide bonds. The fourth-order valence-corrected chi connectivity index (χ4v) is 1.23. The number of fused-ring (bicyclic) bond motifs is 1. The lowest BCUT2D eigenvalue weighted by atomic mass is 10.3. The summed E-state index contributed by atoms with van der Waals surface area (Å²) in [4.78, 5) is 11.4. The maximum absolute atomic E-state index is 11.4. The normalized spacial score (nSPS) is 10.8. The van der Waals surface area contributed by atoms with Gasteiger partial charge in [0.05, 0.1) is 11.9 Å². The number of rotatable bonds is 1. The number of aryl methyl sites for hydroxylation is 1. The first-order valence-electron chi connectivity index (χ1n) is 3.92. The van der Waals surface area contributed by atoms with E-state index in [4.69, 9.17) is 4.52 Å². The highest BCUT2D eigenvalue weighted by molar-refractivity contribution is 5.75. The number of benzene rings is 1. The number of hydrogen-bond acceptors (Lipinski definition) is 2. The van der Waals surface area contributed by atoms with Crippen molar-refractivity contribution in [2.75, 3.05) is 0 Å². The minimum absolute atomic E-state index is 0.0481. The Morgan fingerprint density at radius 3 is 2.83 bits per heavy atom. The molecule has 62 valence electrons. The molecule has 0 N–H and O–H groups in total. The van der Waals surface area contributed by atoms with Gasteiger partial charge in [0.15, 0.2) is 5.58 Å². The van der Waals surface area contributed by atoms with E-state index in [2.05, 4.69) is 0 Å². The van der Waals surface area contributed by atoms with E-state index < -0.39 is 0 Å². The first-order valence-corrected chi connectivity index (χ1v) is 3.92. The van der Waals surface area contributed by atoms with Crippen molar-refractivity contribution in [3.05, 3.63) is 34.6 Å². The van der Waals surface area contributed by atoms with Gasteiger partial charge in [-0.3, -0.25) is 4.79 Å². The molecule has 0 aliphatic carbocycles. The first kappa shape index (κ1) is 7.16. The van der Waals surface area contributed by atoms with Gasteiger partial charge in [-0.2, -0.15) is 4.74 Å². The second-order valence-corrected chi connectivity index (χ2v) is 2.59. The van der Waals surface area contributed by atoms with Crippen LogP contribution in [0.2, 0.25) is 0 Å². The maximum atomic E-state index is 11.4. The van der Waals surface area contributed by atoms with Crippen LogP contribution in [0.3, 0.4) is 0 Å². The van der Waals surface area contributed by atoms with Crippen LogP contribution in [0.15, 0.2) is 33.6 Å². The van der Waals surface area contributed by atoms with Gasteiger partial charge in [0.1, 0.15) is 0 Å². The van der Waals surface area contributed by atoms with Crippen LogP contribution in [-0.2, 0) is 6.54 Å². The van der Waals surface area contributed by atoms with Crippen LogP contribution in [0.5, 0.6) is 0 Å². The SMILES string of the molecule is CCn1oc2ccccc2c1=O. The zero-order valence-corrected chi connectivity index (χ0v) is 6.78. The summed E-state index contributed by atoms with van der Waals surface area (Å²) in [5.74, 6) is 0. The molecule has 0 aliphatic heterocycles. The van der Waals surface area contributed by atoms with Gasteiger partial charge in [0.25, 0.3) is 5.56 Å². The van der Waals surface area contributed by atoms with E-state index in [0.717, 1.165) is 0 Å². The molecule has 0 spiro atoms. The van der Waals surface area contributed by atoms with E-state index in [-0.39, 0.29) is 5.56 Å². The molecular formula is C9H9NO2. The highest BCUT2D eigenvalue weighted by Gasteiger charge is 2.05. The minimum Gasteiger partial charge on any atom is -0.376 e. The first-order chi connectivity index (χ1) is 5.83. The predicted octanol–water partition coefficient (Wildman–Crippen LogP) is 1.61. The summed E-state index contributed by atoms with van der Waals surface area (Å²) in [5.41, 5.74) is 0.609. The molecule has 0 saturated heterocycles. The highest BCUT2D eigenvalue weighted by atomic mass is 16.5. The second-order valence-electron chi connectivity index (χ2n) is 2.59. The van der Waals surface area contributed by atoms with Crippen LogP contribution in [0.4, 0.5) is 0 Å². The molecule has 0 radical (unpaired) electrons. The average Bonchev–Trinajstić information content (AvgIpc) is 2.44. The third kappa shape index (κ3) is 0.863. The Bertz CT molecular complexity index is 453. The molecule has 0 saturated carbocycles. The van der Waals surface area contributed by atoms with Crippen LogP contribution in [-0.4, -0.2) is 4.74 Å². The van der Waals surface area contributed by atoms with E-state index in [9.17, 15) is 4.79 Å². The zero-order valence-electron chi connectivity index (χ0n) is 6.78. The number of nitrogens with zero attached hydrogens (tertiary/aromatic N) is 1. The van der Waals surface area contributed by atoms with Crippen LogP contribution in [0, 0.1) is 0 Å². The molecular weight excluding hydrogens is 154 g/mol. The van der Waals surface area contributed by atoms with Crippen LogP contribution >= 0.6 is 0 Å². The topological polar surface area (TPSA) is 35.1 Å². The molecule has 2 aromatic rings. The Morgan fingerprint density at radius 1 is 1.42 bits per heavy atom. The van der Waals surface area contributed by atoms with Crippen LogP contribution in [0.25, 0.3) is 11.0 Å². The predicted molar refractivity (Wildman–Crippen MR) is 46.1 cm³/mol. The molecule has 0 unspecified atom stereocenters. The molecule has 0 aliphatic rings. The van der Waals surface area contributed by atoms with Gasteiger partial charge in [-0.05, 0) is 19.1 Å². The Morgan fingerprint density at radius 2 is 2.17 bits per heavy atom. The van der Waals surface area contributed by atoms with Gasteiger partial charge < -0.3 is 4.52 Å². The fourth-order valence-electron chi connectivity index (χ4n) is 1.23. The lowest BCUT2D eigenvalue weighted by Gasteiger charge is -1.87. The third-order valence-electron chi connectivity index (χ3n) is 1.84. The van der Waals surface area contributed by atoms with E-state index in [1.807, 2.05) is 19.1 Å². The van der Waals surface area contributed by atoms with E-state index in [1.54, 1.807) is 12.1 Å². The van der Waals surface area contributed by atoms with Gasteiger partial charge in [0.2, 0.25) is 0 Å². The standard InChI is InChI=1S/C9H9NO2/c1-2-10-9(11)7-5-3-4-6-8(7)12-10/h3-6H,2H2,1H3. The molecule has 0 bridgehead atoms. The molecule has 0 fully saturated rings. The van der Waals surface area contributed by atoms with Crippen molar-refractivity contribution in [1.82, 2.24) is 4.74 Å². The van der Waals surface area contributed by atoms with Crippen LogP contribution < -0.4 is 5.56 Å². The summed E-state index contributed by atoms with van der Waals surface area (Å²) < 4.78 is 6.60. The van der Waals surface area contributed by atoms with Crippen molar-refractivity contribution < 1.29 is 4.52 Å². The van der Waals surface area contributed by atoms with E-state index >= 15 is 0 Å². The number of hydrogen-bond donors (Lipinski definition) is 0. The summed E-state index contributed by atoms with van der Waals surface area (Å²) in [6.07, 6.45) is 0. The third-order valence-corrected chi connectivity index (χ3v) is 1.84. The van der Waals surface area contributed by atoms with Crippen molar-refractivity contribution in [3.63, 3.8) is 0 Å². The average molecular weight is 163 g/mol. The largest absolute Gasteiger partial charge is 0.376 e. The molecule has 3 nitrogen and oxygen atoms in total. The molecule has 2 rings (SSSR count). The Hall–Kier alpha value is -1.51. The molecule has 1 aromatic heterocycles. The van der Waals surface area contributed by atoms with E-state index in [0.29, 0.717) is 17.5 Å². The smallest absolute Gasteiger partial charge is 0.290 e. The lowest BCUT2D eigenvalue weighted by molar-refractivity contribution is 0.293. The number of aromatic nitrogens is 1. The highest BCUT2D eigenvalue weighted by Crippen LogP contribution is 2.08. The maximum Gasteiger partial charge on any atom is 0.290 e. The lowest BCUT2D eigenvalue weighted by Crippen LogP contribution is -2.12. The molecule has 0 atom stereocenters.